The van der Waals surface area contributed by atoms with E-state index in [-0.39, 0.29) is 20.1 Å². The van der Waals surface area contributed by atoms with Crippen LogP contribution in [0.4, 0.5) is 0 Å². The Bertz CT molecular complexity index is 2120. The molecule has 0 atom stereocenters. The van der Waals surface area contributed by atoms with Crippen molar-refractivity contribution in [2.75, 3.05) is 0 Å². The van der Waals surface area contributed by atoms with Crippen LogP contribution in [0.5, 0.6) is 0 Å². The van der Waals surface area contributed by atoms with Crippen molar-refractivity contribution in [3.8, 4) is 22.4 Å². The summed E-state index contributed by atoms with van der Waals surface area (Å²) in [4.78, 5) is 4.69. The van der Waals surface area contributed by atoms with Crippen LogP contribution in [0.25, 0.3) is 77.0 Å². The van der Waals surface area contributed by atoms with Gasteiger partial charge < -0.3 is 13.8 Å². The minimum absolute atomic E-state index is 0. The summed E-state index contributed by atoms with van der Waals surface area (Å²) in [6.45, 7) is 0. The van der Waals surface area contributed by atoms with E-state index in [1.165, 1.54) is 5.39 Å². The predicted octanol–water partition coefficient (Wildman–Crippen LogP) is 9.17. The maximum Gasteiger partial charge on any atom is 0.139 e. The molecule has 0 aliphatic carbocycles. The Morgan fingerprint density at radius 1 is 0.541 bits per heavy atom. The van der Waals surface area contributed by atoms with E-state index < -0.39 is 0 Å². The first kappa shape index (κ1) is 22.0. The van der Waals surface area contributed by atoms with Gasteiger partial charge in [-0.3, -0.25) is 0 Å². The van der Waals surface area contributed by atoms with Crippen LogP contribution < -0.4 is 0 Å². The number of para-hydroxylation sites is 1. The van der Waals surface area contributed by atoms with Crippen molar-refractivity contribution in [1.29, 1.82) is 0 Å². The normalized spacial score (nSPS) is 11.6. The van der Waals surface area contributed by atoms with Crippen molar-refractivity contribution in [3.05, 3.63) is 115 Å². The summed E-state index contributed by atoms with van der Waals surface area (Å²) in [5, 5.41) is 6.70. The molecule has 0 unspecified atom stereocenters. The molecule has 0 saturated carbocycles. The van der Waals surface area contributed by atoms with Gasteiger partial charge >= 0.3 is 0 Å². The first-order valence-electron chi connectivity index (χ1n) is 11.9. The number of furan rings is 2. The van der Waals surface area contributed by atoms with Crippen molar-refractivity contribution in [1.82, 2.24) is 4.98 Å². The van der Waals surface area contributed by atoms with Gasteiger partial charge in [-0.15, -0.1) is 35.4 Å². The zero-order valence-corrected chi connectivity index (χ0v) is 21.9. The Morgan fingerprint density at radius 3 is 2.14 bits per heavy atom. The van der Waals surface area contributed by atoms with Gasteiger partial charge in [-0.1, -0.05) is 54.6 Å². The van der Waals surface area contributed by atoms with Crippen molar-refractivity contribution in [2.24, 2.45) is 0 Å². The number of pyridine rings is 1. The van der Waals surface area contributed by atoms with Gasteiger partial charge in [0.1, 0.15) is 22.3 Å². The molecule has 177 valence electrons. The van der Waals surface area contributed by atoms with Crippen LogP contribution >= 0.6 is 0 Å². The Labute approximate surface area is 225 Å². The molecule has 1 radical (unpaired) electrons. The molecule has 4 heteroatoms. The number of hydrogen-bond acceptors (Lipinski definition) is 3. The van der Waals surface area contributed by atoms with Crippen LogP contribution in [-0.4, -0.2) is 4.98 Å². The Morgan fingerprint density at radius 2 is 1.24 bits per heavy atom. The average Bonchev–Trinajstić information content (AvgIpc) is 3.48. The monoisotopic (exact) mass is 653 g/mol. The standard InChI is InChI=1S/C33H18NO2.Ir/c1-2-7-24-19-34-29(16-21(24)6-1)23-9-5-8-20(14-23)22-12-13-31-26(15-22)28-17-27-25-10-3-4-11-30(25)35-32(27)18-33(28)36-31;/h1-8,10-19H;/q-1;. The van der Waals surface area contributed by atoms with E-state index in [1.54, 1.807) is 0 Å². The summed E-state index contributed by atoms with van der Waals surface area (Å²) >= 11 is 0. The van der Waals surface area contributed by atoms with Gasteiger partial charge in [0.05, 0.1) is 0 Å². The molecular formula is C33H18IrNO2-. The van der Waals surface area contributed by atoms with Gasteiger partial charge in [0.15, 0.2) is 0 Å². The van der Waals surface area contributed by atoms with Crippen LogP contribution in [-0.2, 0) is 20.1 Å². The van der Waals surface area contributed by atoms with E-state index in [2.05, 4.69) is 77.8 Å². The van der Waals surface area contributed by atoms with E-state index in [1.807, 2.05) is 42.6 Å². The van der Waals surface area contributed by atoms with Crippen LogP contribution in [0.15, 0.2) is 118 Å². The third kappa shape index (κ3) is 3.49. The summed E-state index contributed by atoms with van der Waals surface area (Å²) < 4.78 is 12.3. The Hall–Kier alpha value is -4.24. The first-order valence-corrected chi connectivity index (χ1v) is 11.9. The fraction of sp³-hybridized carbons (Fsp3) is 0. The zero-order chi connectivity index (χ0) is 23.6. The summed E-state index contributed by atoms with van der Waals surface area (Å²) in [7, 11) is 0. The fourth-order valence-corrected chi connectivity index (χ4v) is 5.20. The third-order valence-corrected chi connectivity index (χ3v) is 7.01. The molecule has 0 aliphatic rings. The topological polar surface area (TPSA) is 39.2 Å². The molecule has 5 aromatic carbocycles. The van der Waals surface area contributed by atoms with Crippen LogP contribution in [0.1, 0.15) is 0 Å². The predicted molar refractivity (Wildman–Crippen MR) is 146 cm³/mol. The van der Waals surface area contributed by atoms with Gasteiger partial charge in [0.25, 0.3) is 0 Å². The van der Waals surface area contributed by atoms with Crippen molar-refractivity contribution < 1.29 is 28.9 Å². The molecule has 0 aliphatic heterocycles. The second-order valence-electron chi connectivity index (χ2n) is 9.16. The average molecular weight is 653 g/mol. The summed E-state index contributed by atoms with van der Waals surface area (Å²) in [6, 6.07) is 38.7. The number of benzene rings is 5. The molecule has 0 saturated heterocycles. The number of hydrogen-bond donors (Lipinski definition) is 0. The number of nitrogens with zero attached hydrogens (tertiary/aromatic N) is 1. The molecule has 0 N–H and O–H groups in total. The second kappa shape index (κ2) is 8.41. The summed E-state index contributed by atoms with van der Waals surface area (Å²) in [6.07, 6.45) is 1.93. The minimum Gasteiger partial charge on any atom is -0.456 e. The maximum atomic E-state index is 6.21. The van der Waals surface area contributed by atoms with Gasteiger partial charge in [-0.2, -0.15) is 0 Å². The molecule has 0 amide bonds. The number of aromatic nitrogens is 1. The van der Waals surface area contributed by atoms with Crippen molar-refractivity contribution >= 4 is 54.6 Å². The van der Waals surface area contributed by atoms with Gasteiger partial charge in [-0.25, -0.2) is 0 Å². The van der Waals surface area contributed by atoms with E-state index >= 15 is 0 Å². The molecule has 8 aromatic rings. The van der Waals surface area contributed by atoms with Gasteiger partial charge in [-0.05, 0) is 46.3 Å². The maximum absolute atomic E-state index is 6.21. The van der Waals surface area contributed by atoms with E-state index in [0.717, 1.165) is 71.6 Å². The first-order chi connectivity index (χ1) is 17.8. The number of rotatable bonds is 2. The molecule has 0 spiro atoms. The largest absolute Gasteiger partial charge is 0.456 e. The van der Waals surface area contributed by atoms with Crippen LogP contribution in [0, 0.1) is 6.07 Å². The zero-order valence-electron chi connectivity index (χ0n) is 19.5. The molecule has 8 rings (SSSR count). The molecule has 3 heterocycles. The Kier molecular flexibility index (Phi) is 5.00. The molecule has 0 bridgehead atoms. The molecule has 3 aromatic heterocycles. The fourth-order valence-electron chi connectivity index (χ4n) is 5.20. The molecule has 0 fully saturated rings. The van der Waals surface area contributed by atoms with Crippen molar-refractivity contribution in [3.63, 3.8) is 0 Å². The molecule has 3 nitrogen and oxygen atoms in total. The summed E-state index contributed by atoms with van der Waals surface area (Å²) in [5.41, 5.74) is 7.56. The minimum atomic E-state index is 0. The van der Waals surface area contributed by atoms with Gasteiger partial charge in [0.2, 0.25) is 0 Å². The molecular weight excluding hydrogens is 635 g/mol. The SMILES string of the molecule is [Ir].[c-]1ccc(-c2ccc3oc4cc5oc6ccccc6c5cc4c3c2)cc1-c1cc2ccccc2cn1. The van der Waals surface area contributed by atoms with Gasteiger partial charge in [0, 0.05) is 53.9 Å². The van der Waals surface area contributed by atoms with Crippen molar-refractivity contribution in [2.45, 2.75) is 0 Å². The quantitative estimate of drug-likeness (QED) is 0.175. The van der Waals surface area contributed by atoms with Crippen LogP contribution in [0.3, 0.4) is 0 Å². The van der Waals surface area contributed by atoms with Crippen LogP contribution in [0.2, 0.25) is 0 Å². The second-order valence-corrected chi connectivity index (χ2v) is 9.16. The van der Waals surface area contributed by atoms with E-state index in [9.17, 15) is 0 Å². The summed E-state index contributed by atoms with van der Waals surface area (Å²) in [5.74, 6) is 0. The third-order valence-electron chi connectivity index (χ3n) is 7.01. The smallest absolute Gasteiger partial charge is 0.139 e. The number of fused-ring (bicyclic) bond motifs is 7. The van der Waals surface area contributed by atoms with E-state index in [0.29, 0.717) is 0 Å². The van der Waals surface area contributed by atoms with E-state index in [4.69, 9.17) is 8.83 Å². The molecule has 37 heavy (non-hydrogen) atoms. The Balaban J connectivity index is 0.00000231.